The van der Waals surface area contributed by atoms with Crippen LogP contribution in [-0.4, -0.2) is 24.4 Å². The lowest BCUT2D eigenvalue weighted by atomic mass is 10.1. The van der Waals surface area contributed by atoms with E-state index < -0.39 is 0 Å². The van der Waals surface area contributed by atoms with Crippen molar-refractivity contribution in [2.24, 2.45) is 0 Å². The maximum absolute atomic E-state index is 11.1. The summed E-state index contributed by atoms with van der Waals surface area (Å²) in [5.74, 6) is 1.83. The van der Waals surface area contributed by atoms with Gasteiger partial charge < -0.3 is 19.7 Å². The Morgan fingerprint density at radius 3 is 1.27 bits per heavy atom. The minimum absolute atomic E-state index is 0.153. The van der Waals surface area contributed by atoms with Crippen molar-refractivity contribution in [3.05, 3.63) is 72.8 Å². The number of fused-ring (bicyclic) bond motifs is 1. The predicted molar refractivity (Wildman–Crippen MR) is 122 cm³/mol. The van der Waals surface area contributed by atoms with Gasteiger partial charge in [0.25, 0.3) is 0 Å². The lowest BCUT2D eigenvalue weighted by molar-refractivity contribution is 0.414. The second kappa shape index (κ2) is 8.81. The van der Waals surface area contributed by atoms with Crippen LogP contribution in [0, 0.1) is 0 Å². The van der Waals surface area contributed by atoms with E-state index in [4.69, 9.17) is 9.47 Å². The molecule has 0 atom stereocenters. The molecule has 0 aliphatic carbocycles. The molecule has 0 spiro atoms. The molecule has 0 fully saturated rings. The Bertz CT molecular complexity index is 1080. The summed E-state index contributed by atoms with van der Waals surface area (Å²) in [7, 11) is 3.25. The first kappa shape index (κ1) is 20.3. The molecule has 0 radical (unpaired) electrons. The van der Waals surface area contributed by atoms with E-state index in [1.807, 2.05) is 72.8 Å². The number of ether oxygens (including phenoxy) is 2. The maximum Gasteiger partial charge on any atom is 0.138 e. The summed E-state index contributed by atoms with van der Waals surface area (Å²) in [6.07, 6.45) is 0. The van der Waals surface area contributed by atoms with Crippen molar-refractivity contribution < 1.29 is 19.7 Å². The maximum atomic E-state index is 11.1. The highest BCUT2D eigenvalue weighted by molar-refractivity contribution is 8.02. The van der Waals surface area contributed by atoms with Crippen molar-refractivity contribution in [1.29, 1.82) is 0 Å². The number of benzene rings is 4. The van der Waals surface area contributed by atoms with Crippen LogP contribution in [-0.2, 0) is 0 Å². The SMILES string of the molecule is COc1ccc(Sc2c(Sc3ccc(OC)cc3)c(O)c3ccccc3c2O)cc1. The van der Waals surface area contributed by atoms with Crippen LogP contribution in [0.1, 0.15) is 0 Å². The molecule has 30 heavy (non-hydrogen) atoms. The molecule has 0 saturated carbocycles. The highest BCUT2D eigenvalue weighted by atomic mass is 32.2. The van der Waals surface area contributed by atoms with Gasteiger partial charge in [-0.15, -0.1) is 0 Å². The minimum Gasteiger partial charge on any atom is -0.506 e. The number of aromatic hydroxyl groups is 2. The molecule has 152 valence electrons. The highest BCUT2D eigenvalue weighted by Gasteiger charge is 2.21. The van der Waals surface area contributed by atoms with Crippen LogP contribution in [0.4, 0.5) is 0 Å². The molecular weight excluding hydrogens is 416 g/mol. The van der Waals surface area contributed by atoms with Gasteiger partial charge in [0.05, 0.1) is 24.0 Å². The number of phenols is 2. The predicted octanol–water partition coefficient (Wildman–Crippen LogP) is 6.57. The zero-order chi connectivity index (χ0) is 21.1. The number of rotatable bonds is 6. The van der Waals surface area contributed by atoms with E-state index in [-0.39, 0.29) is 11.5 Å². The van der Waals surface area contributed by atoms with Gasteiger partial charge in [-0.1, -0.05) is 47.8 Å². The molecule has 4 aromatic rings. The molecule has 2 N–H and O–H groups in total. The smallest absolute Gasteiger partial charge is 0.138 e. The Hall–Kier alpha value is -2.96. The summed E-state index contributed by atoms with van der Waals surface area (Å²) in [6, 6.07) is 22.5. The Labute approximate surface area is 183 Å². The molecule has 4 nitrogen and oxygen atoms in total. The van der Waals surface area contributed by atoms with Crippen molar-refractivity contribution in [2.45, 2.75) is 19.6 Å². The zero-order valence-corrected chi connectivity index (χ0v) is 18.1. The van der Waals surface area contributed by atoms with Crippen LogP contribution in [0.5, 0.6) is 23.0 Å². The zero-order valence-electron chi connectivity index (χ0n) is 16.5. The molecule has 6 heteroatoms. The van der Waals surface area contributed by atoms with Gasteiger partial charge in [-0.3, -0.25) is 0 Å². The number of hydrogen-bond donors (Lipinski definition) is 2. The van der Waals surface area contributed by atoms with E-state index in [0.29, 0.717) is 20.6 Å². The van der Waals surface area contributed by atoms with Gasteiger partial charge >= 0.3 is 0 Å². The van der Waals surface area contributed by atoms with Crippen molar-refractivity contribution in [2.75, 3.05) is 14.2 Å². The second-order valence-electron chi connectivity index (χ2n) is 6.46. The third kappa shape index (κ3) is 4.01. The monoisotopic (exact) mass is 436 g/mol. The molecule has 0 aromatic heterocycles. The largest absolute Gasteiger partial charge is 0.506 e. The van der Waals surface area contributed by atoms with E-state index >= 15 is 0 Å². The van der Waals surface area contributed by atoms with Gasteiger partial charge in [-0.25, -0.2) is 0 Å². The van der Waals surface area contributed by atoms with Crippen LogP contribution in [0.3, 0.4) is 0 Å². The topological polar surface area (TPSA) is 58.9 Å². The van der Waals surface area contributed by atoms with Gasteiger partial charge in [-0.2, -0.15) is 0 Å². The molecule has 0 heterocycles. The molecule has 0 amide bonds. The average Bonchev–Trinajstić information content (AvgIpc) is 2.80. The summed E-state index contributed by atoms with van der Waals surface area (Å²) in [6.45, 7) is 0. The fourth-order valence-corrected chi connectivity index (χ4v) is 5.13. The third-order valence-electron chi connectivity index (χ3n) is 4.63. The first-order valence-corrected chi connectivity index (χ1v) is 10.8. The second-order valence-corrected chi connectivity index (χ2v) is 8.62. The third-order valence-corrected chi connectivity index (χ3v) is 6.98. The molecule has 0 aliphatic heterocycles. The standard InChI is InChI=1S/C24H20O4S2/c1-27-15-7-11-17(12-8-15)29-23-21(25)19-5-3-4-6-20(19)22(26)24(23)30-18-13-9-16(28-2)10-14-18/h3-14,25-26H,1-2H3. The highest BCUT2D eigenvalue weighted by Crippen LogP contribution is 2.52. The van der Waals surface area contributed by atoms with Crippen molar-refractivity contribution in [3.8, 4) is 23.0 Å². The van der Waals surface area contributed by atoms with Crippen molar-refractivity contribution >= 4 is 34.3 Å². The molecule has 0 unspecified atom stereocenters. The molecular formula is C24H20O4S2. The van der Waals surface area contributed by atoms with E-state index in [9.17, 15) is 10.2 Å². The fourth-order valence-electron chi connectivity index (χ4n) is 3.07. The minimum atomic E-state index is 0.153. The van der Waals surface area contributed by atoms with Gasteiger partial charge in [0.2, 0.25) is 0 Å². The molecule has 0 aliphatic rings. The van der Waals surface area contributed by atoms with E-state index in [0.717, 1.165) is 21.3 Å². The van der Waals surface area contributed by atoms with Crippen LogP contribution in [0.15, 0.2) is 92.4 Å². The van der Waals surface area contributed by atoms with E-state index in [1.54, 1.807) is 14.2 Å². The van der Waals surface area contributed by atoms with Gasteiger partial charge in [0.15, 0.2) is 0 Å². The summed E-state index contributed by atoms with van der Waals surface area (Å²) in [5.41, 5.74) is 0. The van der Waals surface area contributed by atoms with Gasteiger partial charge in [-0.05, 0) is 48.5 Å². The normalized spacial score (nSPS) is 10.9. The average molecular weight is 437 g/mol. The van der Waals surface area contributed by atoms with E-state index in [1.165, 1.54) is 23.5 Å². The number of hydrogen-bond acceptors (Lipinski definition) is 6. The Balaban J connectivity index is 1.82. The van der Waals surface area contributed by atoms with Crippen molar-refractivity contribution in [1.82, 2.24) is 0 Å². The Morgan fingerprint density at radius 1 is 0.567 bits per heavy atom. The quantitative estimate of drug-likeness (QED) is 0.333. The number of phenolic OH excluding ortho intramolecular Hbond substituents is 2. The van der Waals surface area contributed by atoms with E-state index in [2.05, 4.69) is 0 Å². The van der Waals surface area contributed by atoms with Crippen LogP contribution >= 0.6 is 23.5 Å². The van der Waals surface area contributed by atoms with Gasteiger partial charge in [0, 0.05) is 20.6 Å². The molecule has 4 aromatic carbocycles. The number of methoxy groups -OCH3 is 2. The fraction of sp³-hybridized carbons (Fsp3) is 0.0833. The van der Waals surface area contributed by atoms with Crippen LogP contribution in [0.2, 0.25) is 0 Å². The van der Waals surface area contributed by atoms with Crippen LogP contribution in [0.25, 0.3) is 10.8 Å². The first-order valence-electron chi connectivity index (χ1n) is 9.21. The van der Waals surface area contributed by atoms with Crippen LogP contribution < -0.4 is 9.47 Å². The summed E-state index contributed by atoms with van der Waals surface area (Å²) in [5, 5.41) is 23.4. The molecule has 4 rings (SSSR count). The Morgan fingerprint density at radius 2 is 0.933 bits per heavy atom. The van der Waals surface area contributed by atoms with Gasteiger partial charge in [0.1, 0.15) is 23.0 Å². The summed E-state index contributed by atoms with van der Waals surface area (Å²) < 4.78 is 10.5. The Kier molecular flexibility index (Phi) is 5.97. The first-order chi connectivity index (χ1) is 14.6. The lowest BCUT2D eigenvalue weighted by Crippen LogP contribution is -1.88. The van der Waals surface area contributed by atoms with Crippen molar-refractivity contribution in [3.63, 3.8) is 0 Å². The summed E-state index contributed by atoms with van der Waals surface area (Å²) in [4.78, 5) is 3.07. The lowest BCUT2D eigenvalue weighted by Gasteiger charge is -2.16. The summed E-state index contributed by atoms with van der Waals surface area (Å²) >= 11 is 2.81. The molecule has 0 bridgehead atoms. The molecule has 0 saturated heterocycles.